The van der Waals surface area contributed by atoms with E-state index in [1.165, 1.54) is 6.08 Å². The van der Waals surface area contributed by atoms with Gasteiger partial charge in [0.15, 0.2) is 0 Å². The summed E-state index contributed by atoms with van der Waals surface area (Å²) in [6, 6.07) is 7.42. The molecule has 0 spiro atoms. The van der Waals surface area contributed by atoms with Gasteiger partial charge in [0.2, 0.25) is 0 Å². The summed E-state index contributed by atoms with van der Waals surface area (Å²) in [5.74, 6) is 1.41. The van der Waals surface area contributed by atoms with Crippen LogP contribution in [0.3, 0.4) is 0 Å². The molecule has 2 aromatic rings. The van der Waals surface area contributed by atoms with Crippen molar-refractivity contribution >= 4 is 23.3 Å². The third-order valence-corrected chi connectivity index (χ3v) is 2.10. The Morgan fingerprint density at radius 2 is 2.27 bits per heavy atom. The van der Waals surface area contributed by atoms with Crippen molar-refractivity contribution in [2.75, 3.05) is 7.11 Å². The summed E-state index contributed by atoms with van der Waals surface area (Å²) < 4.78 is 10.7. The molecule has 3 heteroatoms. The maximum atomic E-state index is 10.2. The Balaban J connectivity index is 2.54. The van der Waals surface area contributed by atoms with E-state index in [1.807, 2.05) is 24.3 Å². The average Bonchev–Trinajstić information content (AvgIpc) is 2.68. The second-order valence-corrected chi connectivity index (χ2v) is 3.02. The molecule has 0 fully saturated rings. The number of hydrogen-bond acceptors (Lipinski definition) is 3. The molecule has 1 aromatic heterocycles. The molecule has 0 radical (unpaired) electrons. The lowest BCUT2D eigenvalue weighted by Gasteiger charge is -1.98. The first-order valence-electron chi connectivity index (χ1n) is 4.53. The highest BCUT2D eigenvalue weighted by Gasteiger charge is 2.05. The van der Waals surface area contributed by atoms with Gasteiger partial charge in [0, 0.05) is 0 Å². The van der Waals surface area contributed by atoms with Gasteiger partial charge in [-0.15, -0.1) is 0 Å². The van der Waals surface area contributed by atoms with Gasteiger partial charge in [-0.2, -0.15) is 0 Å². The molecule has 1 aromatic carbocycles. The van der Waals surface area contributed by atoms with Crippen LogP contribution in [0.25, 0.3) is 17.0 Å². The van der Waals surface area contributed by atoms with Crippen molar-refractivity contribution in [3.8, 4) is 5.75 Å². The second kappa shape index (κ2) is 4.00. The highest BCUT2D eigenvalue weighted by atomic mass is 16.5. The van der Waals surface area contributed by atoms with E-state index in [0.29, 0.717) is 12.0 Å². The molecule has 0 unspecified atom stereocenters. The standard InChI is InChI=1S/C12H10O3/c1-14-11-5-2-6-12-10(11)8-9(15-12)4-3-7-13/h2-8H,1H3/b4-3+. The summed E-state index contributed by atoms with van der Waals surface area (Å²) in [5, 5.41) is 0.908. The summed E-state index contributed by atoms with van der Waals surface area (Å²) in [4.78, 5) is 10.2. The number of ether oxygens (including phenoxy) is 1. The highest BCUT2D eigenvalue weighted by Crippen LogP contribution is 2.28. The minimum absolute atomic E-state index is 0.640. The van der Waals surface area contributed by atoms with E-state index >= 15 is 0 Å². The lowest BCUT2D eigenvalue weighted by atomic mass is 10.2. The normalized spacial score (nSPS) is 11.0. The van der Waals surface area contributed by atoms with Crippen LogP contribution in [-0.4, -0.2) is 13.4 Å². The second-order valence-electron chi connectivity index (χ2n) is 3.02. The number of aldehydes is 1. The zero-order chi connectivity index (χ0) is 10.7. The van der Waals surface area contributed by atoms with Gasteiger partial charge in [-0.1, -0.05) is 6.07 Å². The molecule has 76 valence electrons. The zero-order valence-electron chi connectivity index (χ0n) is 8.27. The predicted molar refractivity (Wildman–Crippen MR) is 57.9 cm³/mol. The molecule has 0 bridgehead atoms. The van der Waals surface area contributed by atoms with E-state index < -0.39 is 0 Å². The SMILES string of the molecule is COc1cccc2oc(/C=C/C=O)cc12. The van der Waals surface area contributed by atoms with E-state index in [-0.39, 0.29) is 0 Å². The monoisotopic (exact) mass is 202 g/mol. The van der Waals surface area contributed by atoms with E-state index in [0.717, 1.165) is 16.7 Å². The minimum Gasteiger partial charge on any atom is -0.496 e. The molecule has 1 heterocycles. The molecule has 0 saturated carbocycles. The van der Waals surface area contributed by atoms with Gasteiger partial charge >= 0.3 is 0 Å². The number of hydrogen-bond donors (Lipinski definition) is 0. The summed E-state index contributed by atoms with van der Waals surface area (Å²) in [5.41, 5.74) is 0.750. The number of carbonyl (C=O) groups excluding carboxylic acids is 1. The fourth-order valence-corrected chi connectivity index (χ4v) is 1.45. The molecule has 0 atom stereocenters. The Labute approximate surface area is 87.0 Å². The molecule has 0 amide bonds. The largest absolute Gasteiger partial charge is 0.496 e. The smallest absolute Gasteiger partial charge is 0.142 e. The molecule has 0 saturated heterocycles. The van der Waals surface area contributed by atoms with Crippen LogP contribution in [0.4, 0.5) is 0 Å². The molecule has 0 aliphatic rings. The van der Waals surface area contributed by atoms with Gasteiger partial charge in [-0.3, -0.25) is 4.79 Å². The fourth-order valence-electron chi connectivity index (χ4n) is 1.45. The van der Waals surface area contributed by atoms with Gasteiger partial charge < -0.3 is 9.15 Å². The van der Waals surface area contributed by atoms with E-state index in [4.69, 9.17) is 9.15 Å². The summed E-state index contributed by atoms with van der Waals surface area (Å²) >= 11 is 0. The molecule has 3 nitrogen and oxygen atoms in total. The molecule has 0 aliphatic carbocycles. The van der Waals surface area contributed by atoms with Crippen LogP contribution in [0.2, 0.25) is 0 Å². The number of rotatable bonds is 3. The van der Waals surface area contributed by atoms with Crippen LogP contribution in [0.5, 0.6) is 5.75 Å². The molecular formula is C12H10O3. The van der Waals surface area contributed by atoms with Crippen molar-refractivity contribution in [1.82, 2.24) is 0 Å². The van der Waals surface area contributed by atoms with Crippen LogP contribution in [0.1, 0.15) is 5.76 Å². The maximum Gasteiger partial charge on any atom is 0.142 e. The number of carbonyl (C=O) groups is 1. The quantitative estimate of drug-likeness (QED) is 0.567. The maximum absolute atomic E-state index is 10.2. The van der Waals surface area contributed by atoms with Crippen molar-refractivity contribution in [3.63, 3.8) is 0 Å². The molecule has 0 N–H and O–H groups in total. The van der Waals surface area contributed by atoms with Crippen molar-refractivity contribution < 1.29 is 13.9 Å². The van der Waals surface area contributed by atoms with E-state index in [1.54, 1.807) is 13.2 Å². The topological polar surface area (TPSA) is 39.4 Å². The van der Waals surface area contributed by atoms with Crippen molar-refractivity contribution in [1.29, 1.82) is 0 Å². The molecule has 2 rings (SSSR count). The van der Waals surface area contributed by atoms with E-state index in [2.05, 4.69) is 0 Å². The third kappa shape index (κ3) is 1.76. The predicted octanol–water partition coefficient (Wildman–Crippen LogP) is 2.65. The van der Waals surface area contributed by atoms with Crippen LogP contribution in [0.15, 0.2) is 34.8 Å². The highest BCUT2D eigenvalue weighted by molar-refractivity contribution is 5.87. The first kappa shape index (κ1) is 9.52. The first-order valence-corrected chi connectivity index (χ1v) is 4.53. The van der Waals surface area contributed by atoms with E-state index in [9.17, 15) is 4.79 Å². The Kier molecular flexibility index (Phi) is 2.54. The van der Waals surface area contributed by atoms with Gasteiger partial charge in [-0.25, -0.2) is 0 Å². The van der Waals surface area contributed by atoms with Crippen molar-refractivity contribution in [2.45, 2.75) is 0 Å². The fraction of sp³-hybridized carbons (Fsp3) is 0.0833. The van der Waals surface area contributed by atoms with Gasteiger partial charge in [-0.05, 0) is 30.4 Å². The minimum atomic E-state index is 0.640. The summed E-state index contributed by atoms with van der Waals surface area (Å²) in [6.07, 6.45) is 3.72. The Morgan fingerprint density at radius 3 is 3.00 bits per heavy atom. The molecule has 0 aliphatic heterocycles. The van der Waals surface area contributed by atoms with Crippen molar-refractivity contribution in [3.05, 3.63) is 36.1 Å². The van der Waals surface area contributed by atoms with Gasteiger partial charge in [0.1, 0.15) is 23.4 Å². The third-order valence-electron chi connectivity index (χ3n) is 2.10. The Hall–Kier alpha value is -2.03. The number of methoxy groups -OCH3 is 1. The van der Waals surface area contributed by atoms with Crippen LogP contribution in [0, 0.1) is 0 Å². The van der Waals surface area contributed by atoms with Gasteiger partial charge in [0.25, 0.3) is 0 Å². The number of allylic oxidation sites excluding steroid dienone is 1. The average molecular weight is 202 g/mol. The van der Waals surface area contributed by atoms with Crippen LogP contribution < -0.4 is 4.74 Å². The summed E-state index contributed by atoms with van der Waals surface area (Å²) in [7, 11) is 1.61. The zero-order valence-corrected chi connectivity index (χ0v) is 8.27. The first-order chi connectivity index (χ1) is 7.35. The molecule has 15 heavy (non-hydrogen) atoms. The van der Waals surface area contributed by atoms with Crippen molar-refractivity contribution in [2.24, 2.45) is 0 Å². The van der Waals surface area contributed by atoms with Crippen LogP contribution >= 0.6 is 0 Å². The Bertz CT molecular complexity index is 509. The lowest BCUT2D eigenvalue weighted by molar-refractivity contribution is -0.104. The number of fused-ring (bicyclic) bond motifs is 1. The number of benzene rings is 1. The lowest BCUT2D eigenvalue weighted by Crippen LogP contribution is -1.81. The van der Waals surface area contributed by atoms with Crippen LogP contribution in [-0.2, 0) is 4.79 Å². The Morgan fingerprint density at radius 1 is 1.40 bits per heavy atom. The van der Waals surface area contributed by atoms with Gasteiger partial charge in [0.05, 0.1) is 12.5 Å². The summed E-state index contributed by atoms with van der Waals surface area (Å²) in [6.45, 7) is 0. The number of furan rings is 1. The molecular weight excluding hydrogens is 192 g/mol.